The molecule has 3 rings (SSSR count). The Morgan fingerprint density at radius 2 is 1.92 bits per heavy atom. The van der Waals surface area contributed by atoms with E-state index in [1.807, 2.05) is 6.92 Å². The monoisotopic (exact) mass is 362 g/mol. The van der Waals surface area contributed by atoms with E-state index < -0.39 is 11.6 Å². The minimum Gasteiger partial charge on any atom is -0.361 e. The number of hydrogen-bond donors (Lipinski definition) is 0. The van der Waals surface area contributed by atoms with Gasteiger partial charge in [0, 0.05) is 37.1 Å². The summed E-state index contributed by atoms with van der Waals surface area (Å²) in [4.78, 5) is 26.6. The van der Waals surface area contributed by atoms with Crippen LogP contribution in [-0.4, -0.2) is 34.8 Å². The molecule has 0 N–H and O–H groups in total. The van der Waals surface area contributed by atoms with E-state index in [2.05, 4.69) is 5.16 Å². The van der Waals surface area contributed by atoms with Crippen LogP contribution in [0.1, 0.15) is 52.8 Å². The molecule has 1 aromatic carbocycles. The van der Waals surface area contributed by atoms with Crippen LogP contribution in [-0.2, 0) is 6.42 Å². The number of rotatable bonds is 5. The number of hydrogen-bond acceptors (Lipinski definition) is 4. The van der Waals surface area contributed by atoms with Crippen molar-refractivity contribution in [3.63, 3.8) is 0 Å². The van der Waals surface area contributed by atoms with Gasteiger partial charge in [-0.15, -0.1) is 0 Å². The van der Waals surface area contributed by atoms with E-state index in [1.165, 1.54) is 6.07 Å². The van der Waals surface area contributed by atoms with E-state index >= 15 is 0 Å². The molecule has 0 bridgehead atoms. The zero-order valence-electron chi connectivity index (χ0n) is 14.5. The molecule has 2 aromatic rings. The number of aromatic nitrogens is 1. The lowest BCUT2D eigenvalue weighted by Gasteiger charge is -2.30. The molecule has 7 heteroatoms. The van der Waals surface area contributed by atoms with Crippen molar-refractivity contribution in [3.8, 4) is 0 Å². The van der Waals surface area contributed by atoms with Crippen molar-refractivity contribution in [1.82, 2.24) is 10.1 Å². The molecule has 0 radical (unpaired) electrons. The second-order valence-corrected chi connectivity index (χ2v) is 6.49. The third kappa shape index (κ3) is 3.81. The molecule has 138 valence electrons. The first kappa shape index (κ1) is 18.2. The predicted octanol–water partition coefficient (Wildman–Crippen LogP) is 3.64. The number of ketones is 1. The molecule has 0 spiro atoms. The Morgan fingerprint density at radius 1 is 1.19 bits per heavy atom. The fourth-order valence-electron chi connectivity index (χ4n) is 3.17. The van der Waals surface area contributed by atoms with Crippen molar-refractivity contribution >= 4 is 11.7 Å². The Balaban J connectivity index is 1.60. The first-order valence-corrected chi connectivity index (χ1v) is 8.73. The number of carbonyl (C=O) groups excluding carboxylic acids is 2. The molecule has 2 heterocycles. The largest absolute Gasteiger partial charge is 0.361 e. The van der Waals surface area contributed by atoms with E-state index in [0.717, 1.165) is 25.0 Å². The van der Waals surface area contributed by atoms with Crippen molar-refractivity contribution in [1.29, 1.82) is 0 Å². The minimum absolute atomic E-state index is 0.161. The van der Waals surface area contributed by atoms with Crippen molar-refractivity contribution < 1.29 is 22.9 Å². The fourth-order valence-corrected chi connectivity index (χ4v) is 3.17. The number of piperidine rings is 1. The van der Waals surface area contributed by atoms with Gasteiger partial charge in [-0.2, -0.15) is 0 Å². The summed E-state index contributed by atoms with van der Waals surface area (Å²) in [5.41, 5.74) is 0.438. The van der Waals surface area contributed by atoms with Crippen molar-refractivity contribution in [2.24, 2.45) is 5.92 Å². The van der Waals surface area contributed by atoms with Crippen molar-refractivity contribution in [2.45, 2.75) is 32.6 Å². The predicted molar refractivity (Wildman–Crippen MR) is 89.8 cm³/mol. The lowest BCUT2D eigenvalue weighted by Crippen LogP contribution is -2.40. The SMILES string of the molecule is CCCc1cc(C(=O)N2CCC(C(=O)c3ccc(F)c(F)c3)CC2)no1. The summed E-state index contributed by atoms with van der Waals surface area (Å²) in [6, 6.07) is 4.84. The molecule has 0 atom stereocenters. The fraction of sp³-hybridized carbons (Fsp3) is 0.421. The standard InChI is InChI=1S/C19H20F2N2O3/c1-2-3-14-11-17(22-26-14)19(25)23-8-6-12(7-9-23)18(24)13-4-5-15(20)16(21)10-13/h4-5,10-12H,2-3,6-9H2,1H3. The number of benzene rings is 1. The van der Waals surface area contributed by atoms with Crippen LogP contribution in [0.5, 0.6) is 0 Å². The molecule has 1 aromatic heterocycles. The second-order valence-electron chi connectivity index (χ2n) is 6.49. The summed E-state index contributed by atoms with van der Waals surface area (Å²) in [6.45, 7) is 2.84. The highest BCUT2D eigenvalue weighted by Crippen LogP contribution is 2.24. The molecule has 1 amide bonds. The number of likely N-dealkylation sites (tertiary alicyclic amines) is 1. The van der Waals surface area contributed by atoms with Gasteiger partial charge in [0.2, 0.25) is 0 Å². The quantitative estimate of drug-likeness (QED) is 0.762. The van der Waals surface area contributed by atoms with E-state index in [0.29, 0.717) is 31.7 Å². The molecule has 1 aliphatic rings. The number of amides is 1. The molecule has 1 saturated heterocycles. The van der Waals surface area contributed by atoms with Crippen LogP contribution in [0.3, 0.4) is 0 Å². The average Bonchev–Trinajstić information content (AvgIpc) is 3.12. The Hall–Kier alpha value is -2.57. The van der Waals surface area contributed by atoms with Crippen LogP contribution < -0.4 is 0 Å². The first-order chi connectivity index (χ1) is 12.5. The Labute approximate surface area is 150 Å². The van der Waals surface area contributed by atoms with E-state index in [9.17, 15) is 18.4 Å². The van der Waals surface area contributed by atoms with E-state index in [-0.39, 0.29) is 28.9 Å². The topological polar surface area (TPSA) is 63.4 Å². The molecule has 1 aliphatic heterocycles. The highest BCUT2D eigenvalue weighted by molar-refractivity contribution is 5.98. The molecule has 0 saturated carbocycles. The smallest absolute Gasteiger partial charge is 0.276 e. The third-order valence-corrected chi connectivity index (χ3v) is 4.63. The van der Waals surface area contributed by atoms with Crippen molar-refractivity contribution in [3.05, 3.63) is 52.9 Å². The molecule has 5 nitrogen and oxygen atoms in total. The summed E-state index contributed by atoms with van der Waals surface area (Å²) in [7, 11) is 0. The zero-order valence-corrected chi connectivity index (χ0v) is 14.5. The summed E-state index contributed by atoms with van der Waals surface area (Å²) in [5.74, 6) is -2.07. The zero-order chi connectivity index (χ0) is 18.7. The third-order valence-electron chi connectivity index (χ3n) is 4.63. The first-order valence-electron chi connectivity index (χ1n) is 8.73. The van der Waals surface area contributed by atoms with Gasteiger partial charge in [-0.3, -0.25) is 9.59 Å². The van der Waals surface area contributed by atoms with Gasteiger partial charge in [-0.25, -0.2) is 8.78 Å². The van der Waals surface area contributed by atoms with Crippen molar-refractivity contribution in [2.75, 3.05) is 13.1 Å². The molecular formula is C19H20F2N2O3. The van der Waals surface area contributed by atoms with Gasteiger partial charge >= 0.3 is 0 Å². The summed E-state index contributed by atoms with van der Waals surface area (Å²) in [5, 5.41) is 3.82. The number of halogens is 2. The molecule has 1 fully saturated rings. The van der Waals surface area contributed by atoms with E-state index in [4.69, 9.17) is 4.52 Å². The van der Waals surface area contributed by atoms with Gasteiger partial charge in [-0.1, -0.05) is 12.1 Å². The minimum atomic E-state index is -1.03. The molecule has 26 heavy (non-hydrogen) atoms. The van der Waals surface area contributed by atoms with Crippen LogP contribution in [0.2, 0.25) is 0 Å². The van der Waals surface area contributed by atoms with Gasteiger partial charge in [-0.05, 0) is 37.5 Å². The molecular weight excluding hydrogens is 342 g/mol. The van der Waals surface area contributed by atoms with Crippen LogP contribution >= 0.6 is 0 Å². The maximum Gasteiger partial charge on any atom is 0.276 e. The average molecular weight is 362 g/mol. The summed E-state index contributed by atoms with van der Waals surface area (Å²) in [6.07, 6.45) is 2.58. The van der Waals surface area contributed by atoms with Gasteiger partial charge in [0.1, 0.15) is 5.76 Å². The van der Waals surface area contributed by atoms with E-state index in [1.54, 1.807) is 11.0 Å². The Bertz CT molecular complexity index is 811. The summed E-state index contributed by atoms with van der Waals surface area (Å²) < 4.78 is 31.5. The van der Waals surface area contributed by atoms with Crippen LogP contribution in [0.25, 0.3) is 0 Å². The van der Waals surface area contributed by atoms with Gasteiger partial charge in [0.25, 0.3) is 5.91 Å². The van der Waals surface area contributed by atoms with Crippen LogP contribution in [0.4, 0.5) is 8.78 Å². The molecule has 0 aliphatic carbocycles. The maximum atomic E-state index is 13.3. The van der Waals surface area contributed by atoms with Gasteiger partial charge in [0.15, 0.2) is 23.1 Å². The second kappa shape index (κ2) is 7.76. The Kier molecular flexibility index (Phi) is 5.44. The summed E-state index contributed by atoms with van der Waals surface area (Å²) >= 11 is 0. The molecule has 0 unspecified atom stereocenters. The number of aryl methyl sites for hydroxylation is 1. The number of carbonyl (C=O) groups is 2. The highest BCUT2D eigenvalue weighted by Gasteiger charge is 2.29. The van der Waals surface area contributed by atoms with Gasteiger partial charge < -0.3 is 9.42 Å². The number of Topliss-reactive ketones (excluding diaryl/α,β-unsaturated/α-hetero) is 1. The number of nitrogens with zero attached hydrogens (tertiary/aromatic N) is 2. The lowest BCUT2D eigenvalue weighted by molar-refractivity contribution is 0.0641. The highest BCUT2D eigenvalue weighted by atomic mass is 19.2. The maximum absolute atomic E-state index is 13.3. The van der Waals surface area contributed by atoms with Crippen LogP contribution in [0.15, 0.2) is 28.8 Å². The van der Waals surface area contributed by atoms with Crippen LogP contribution in [0, 0.1) is 17.6 Å². The Morgan fingerprint density at radius 3 is 2.58 bits per heavy atom. The lowest BCUT2D eigenvalue weighted by atomic mass is 9.88. The normalized spacial score (nSPS) is 15.3. The van der Waals surface area contributed by atoms with Gasteiger partial charge in [0.05, 0.1) is 0 Å².